The Morgan fingerprint density at radius 1 is 1.00 bits per heavy atom. The molecule has 8 heteroatoms. The molecule has 0 aliphatic heterocycles. The summed E-state index contributed by atoms with van der Waals surface area (Å²) < 4.78 is 2.05. The maximum absolute atomic E-state index is 4.89. The van der Waals surface area contributed by atoms with Gasteiger partial charge in [0.25, 0.3) is 0 Å². The number of benzene rings is 1. The average molecular weight is 457 g/mol. The lowest BCUT2D eigenvalue weighted by Gasteiger charge is -2.20. The van der Waals surface area contributed by atoms with Gasteiger partial charge in [0.15, 0.2) is 5.82 Å². The van der Waals surface area contributed by atoms with Gasteiger partial charge in [-0.3, -0.25) is 4.98 Å². The van der Waals surface area contributed by atoms with Crippen molar-refractivity contribution in [2.45, 2.75) is 71.3 Å². The quantitative estimate of drug-likeness (QED) is 0.379. The van der Waals surface area contributed by atoms with E-state index in [1.807, 2.05) is 24.4 Å². The van der Waals surface area contributed by atoms with E-state index in [0.717, 1.165) is 59.2 Å². The maximum Gasteiger partial charge on any atom is 0.205 e. The Kier molecular flexibility index (Phi) is 7.02. The monoisotopic (exact) mass is 456 g/mol. The van der Waals surface area contributed by atoms with Crippen molar-refractivity contribution in [3.8, 4) is 22.5 Å². The summed E-state index contributed by atoms with van der Waals surface area (Å²) in [6.07, 6.45) is 13.0. The summed E-state index contributed by atoms with van der Waals surface area (Å²) in [5, 5.41) is 19.4. The third kappa shape index (κ3) is 5.21. The van der Waals surface area contributed by atoms with Crippen LogP contribution >= 0.6 is 0 Å². The smallest absolute Gasteiger partial charge is 0.205 e. The van der Waals surface area contributed by atoms with E-state index in [2.05, 4.69) is 50.4 Å². The van der Waals surface area contributed by atoms with Crippen LogP contribution in [0.2, 0.25) is 0 Å². The third-order valence-corrected chi connectivity index (χ3v) is 6.73. The van der Waals surface area contributed by atoms with Crippen LogP contribution in [0.25, 0.3) is 22.5 Å². The largest absolute Gasteiger partial charge is 0.259 e. The molecule has 1 aromatic carbocycles. The highest BCUT2D eigenvalue weighted by Crippen LogP contribution is 2.29. The van der Waals surface area contributed by atoms with E-state index in [-0.39, 0.29) is 0 Å². The minimum Gasteiger partial charge on any atom is -0.259 e. The van der Waals surface area contributed by atoms with Gasteiger partial charge >= 0.3 is 0 Å². The fourth-order valence-corrected chi connectivity index (χ4v) is 4.91. The summed E-state index contributed by atoms with van der Waals surface area (Å²) in [6, 6.07) is 12.2. The predicted octanol–water partition coefficient (Wildman–Crippen LogP) is 5.03. The Hall–Kier alpha value is -3.42. The number of nitrogens with zero attached hydrogens (tertiary/aromatic N) is 7. The van der Waals surface area contributed by atoms with E-state index in [4.69, 9.17) is 15.1 Å². The lowest BCUT2D eigenvalue weighted by atomic mass is 9.86. The second kappa shape index (κ2) is 10.7. The Morgan fingerprint density at radius 3 is 2.59 bits per heavy atom. The van der Waals surface area contributed by atoms with Gasteiger partial charge in [0.2, 0.25) is 5.82 Å². The topological polar surface area (TPSA) is 98.1 Å². The highest BCUT2D eigenvalue weighted by atomic mass is 15.5. The predicted molar refractivity (Wildman–Crippen MR) is 131 cm³/mol. The highest BCUT2D eigenvalue weighted by molar-refractivity contribution is 5.79. The van der Waals surface area contributed by atoms with Crippen LogP contribution in [0.4, 0.5) is 0 Å². The number of aryl methyl sites for hydroxylation is 2. The second-order valence-electron chi connectivity index (χ2n) is 9.21. The van der Waals surface area contributed by atoms with E-state index in [9.17, 15) is 0 Å². The van der Waals surface area contributed by atoms with E-state index in [0.29, 0.717) is 12.4 Å². The van der Waals surface area contributed by atoms with Crippen LogP contribution in [0.5, 0.6) is 0 Å². The first-order chi connectivity index (χ1) is 16.8. The summed E-state index contributed by atoms with van der Waals surface area (Å²) in [5.41, 5.74) is 3.95. The lowest BCUT2D eigenvalue weighted by molar-refractivity contribution is 0.337. The summed E-state index contributed by atoms with van der Waals surface area (Å²) in [6.45, 7) is 2.83. The van der Waals surface area contributed by atoms with Crippen LogP contribution in [0.3, 0.4) is 0 Å². The van der Waals surface area contributed by atoms with Gasteiger partial charge in [-0.15, -0.1) is 10.2 Å². The molecule has 0 spiro atoms. The molecule has 0 saturated heterocycles. The Balaban J connectivity index is 1.30. The van der Waals surface area contributed by atoms with Crippen molar-refractivity contribution in [2.75, 3.05) is 0 Å². The van der Waals surface area contributed by atoms with Gasteiger partial charge in [-0.05, 0) is 35.6 Å². The first kappa shape index (κ1) is 22.4. The number of pyridine rings is 1. The standard InChI is InChI=1S/C26H32N8/c1-2-8-25-28-24(16-13-19-9-4-3-5-10-19)31-34(25)18-21-15-14-20(17-27-21)22-11-6-7-12-23(22)26-29-32-33-30-26/h6-7,11-12,14-15,17,19H,2-5,8-10,13,16,18H2,1H3,(H,29,30,32,33). The summed E-state index contributed by atoms with van der Waals surface area (Å²) >= 11 is 0. The van der Waals surface area contributed by atoms with Crippen molar-refractivity contribution in [1.29, 1.82) is 0 Å². The highest BCUT2D eigenvalue weighted by Gasteiger charge is 2.16. The van der Waals surface area contributed by atoms with Crippen LogP contribution in [-0.2, 0) is 19.4 Å². The number of hydrogen-bond acceptors (Lipinski definition) is 6. The Morgan fingerprint density at radius 2 is 1.85 bits per heavy atom. The van der Waals surface area contributed by atoms with E-state index in [1.165, 1.54) is 38.5 Å². The number of rotatable bonds is 9. The molecule has 1 fully saturated rings. The van der Waals surface area contributed by atoms with Crippen molar-refractivity contribution in [3.05, 3.63) is 59.9 Å². The molecule has 0 amide bonds. The summed E-state index contributed by atoms with van der Waals surface area (Å²) in [5.74, 6) is 3.47. The molecule has 4 aromatic rings. The fraction of sp³-hybridized carbons (Fsp3) is 0.462. The minimum absolute atomic E-state index is 0.576. The molecule has 0 bridgehead atoms. The van der Waals surface area contributed by atoms with Crippen molar-refractivity contribution in [2.24, 2.45) is 5.92 Å². The maximum atomic E-state index is 4.89. The molecule has 3 heterocycles. The van der Waals surface area contributed by atoms with Crippen molar-refractivity contribution >= 4 is 0 Å². The molecule has 1 saturated carbocycles. The number of aromatic amines is 1. The lowest BCUT2D eigenvalue weighted by Crippen LogP contribution is -2.09. The van der Waals surface area contributed by atoms with Gasteiger partial charge in [-0.25, -0.2) is 9.67 Å². The van der Waals surface area contributed by atoms with Gasteiger partial charge in [-0.2, -0.15) is 10.3 Å². The van der Waals surface area contributed by atoms with Crippen LogP contribution in [0.1, 0.15) is 69.2 Å². The van der Waals surface area contributed by atoms with Crippen LogP contribution < -0.4 is 0 Å². The zero-order valence-electron chi connectivity index (χ0n) is 19.8. The number of aromatic nitrogens is 8. The molecule has 176 valence electrons. The van der Waals surface area contributed by atoms with Gasteiger partial charge in [0, 0.05) is 30.2 Å². The van der Waals surface area contributed by atoms with E-state index < -0.39 is 0 Å². The third-order valence-electron chi connectivity index (χ3n) is 6.73. The van der Waals surface area contributed by atoms with Crippen molar-refractivity contribution in [1.82, 2.24) is 40.4 Å². The molecule has 3 aromatic heterocycles. The van der Waals surface area contributed by atoms with Gasteiger partial charge in [0.1, 0.15) is 5.82 Å². The normalized spacial score (nSPS) is 14.5. The fourth-order valence-electron chi connectivity index (χ4n) is 4.91. The van der Waals surface area contributed by atoms with Gasteiger partial charge in [-0.1, -0.05) is 69.4 Å². The summed E-state index contributed by atoms with van der Waals surface area (Å²) in [4.78, 5) is 9.64. The minimum atomic E-state index is 0.576. The molecular formula is C26H32N8. The van der Waals surface area contributed by atoms with E-state index in [1.54, 1.807) is 0 Å². The van der Waals surface area contributed by atoms with Crippen molar-refractivity contribution < 1.29 is 0 Å². The Bertz CT molecular complexity index is 1170. The molecule has 0 atom stereocenters. The molecule has 1 aliphatic carbocycles. The number of H-pyrrole nitrogens is 1. The van der Waals surface area contributed by atoms with Gasteiger partial charge in [0.05, 0.1) is 12.2 Å². The van der Waals surface area contributed by atoms with Gasteiger partial charge < -0.3 is 0 Å². The van der Waals surface area contributed by atoms with Crippen LogP contribution in [0.15, 0.2) is 42.6 Å². The second-order valence-corrected chi connectivity index (χ2v) is 9.21. The van der Waals surface area contributed by atoms with Crippen LogP contribution in [-0.4, -0.2) is 40.4 Å². The number of hydrogen-bond donors (Lipinski definition) is 1. The average Bonchev–Trinajstić information content (AvgIpc) is 3.55. The molecule has 1 N–H and O–H groups in total. The molecule has 1 aliphatic rings. The Labute approximate surface area is 200 Å². The zero-order chi connectivity index (χ0) is 23.2. The number of tetrazole rings is 1. The SMILES string of the molecule is CCCc1nc(CCC2CCCCC2)nn1Cc1ccc(-c2ccccc2-c2nn[nH]n2)cn1. The molecule has 0 unspecified atom stereocenters. The number of nitrogens with one attached hydrogen (secondary N) is 1. The van der Waals surface area contributed by atoms with Crippen molar-refractivity contribution in [3.63, 3.8) is 0 Å². The molecule has 34 heavy (non-hydrogen) atoms. The van der Waals surface area contributed by atoms with E-state index >= 15 is 0 Å². The molecule has 8 nitrogen and oxygen atoms in total. The summed E-state index contributed by atoms with van der Waals surface area (Å²) in [7, 11) is 0. The van der Waals surface area contributed by atoms with Crippen LogP contribution in [0, 0.1) is 5.92 Å². The first-order valence-corrected chi connectivity index (χ1v) is 12.5. The molecule has 0 radical (unpaired) electrons. The zero-order valence-corrected chi connectivity index (χ0v) is 19.8. The molecular weight excluding hydrogens is 424 g/mol. The first-order valence-electron chi connectivity index (χ1n) is 12.5. The molecule has 5 rings (SSSR count).